The van der Waals surface area contributed by atoms with E-state index in [0.717, 1.165) is 54.3 Å². The number of ether oxygens (including phenoxy) is 1. The van der Waals surface area contributed by atoms with Crippen molar-refractivity contribution in [3.63, 3.8) is 0 Å². The second-order valence-corrected chi connectivity index (χ2v) is 8.37. The molecule has 162 valence electrons. The number of nitrogens with one attached hydrogen (secondary N) is 2. The molecule has 0 aliphatic rings. The summed E-state index contributed by atoms with van der Waals surface area (Å²) in [6.07, 6.45) is 6.46. The lowest BCUT2D eigenvalue weighted by molar-refractivity contribution is 0.269. The van der Waals surface area contributed by atoms with Gasteiger partial charge < -0.3 is 24.1 Å². The molecule has 0 saturated heterocycles. The number of rotatable bonds is 14. The number of aromatic nitrogens is 3. The topological polar surface area (TPSA) is 81.3 Å². The highest BCUT2D eigenvalue weighted by Crippen LogP contribution is 2.38. The van der Waals surface area contributed by atoms with E-state index < -0.39 is 8.38 Å². The van der Waals surface area contributed by atoms with Gasteiger partial charge in [0.05, 0.1) is 18.7 Å². The number of hydrogen-bond donors (Lipinski definition) is 2. The number of nitrogens with zero attached hydrogens (tertiary/aromatic N) is 2. The molecule has 0 radical (unpaired) electrons. The molecule has 30 heavy (non-hydrogen) atoms. The average molecular weight is 430 g/mol. The van der Waals surface area contributed by atoms with Crippen molar-refractivity contribution >= 4 is 19.4 Å². The highest BCUT2D eigenvalue weighted by atomic mass is 31.2. The Balaban J connectivity index is 1.45. The first-order valence-electron chi connectivity index (χ1n) is 10.5. The largest absolute Gasteiger partial charge is 0.471 e. The SMILES string of the molecule is CCOP(CCCNCCc1c[nH]c2c(OCc3ccccc3)ncnc12)OCC. The summed E-state index contributed by atoms with van der Waals surface area (Å²) in [6.45, 7) is 7.75. The molecule has 1 aromatic carbocycles. The van der Waals surface area contributed by atoms with Crippen LogP contribution in [0.4, 0.5) is 0 Å². The van der Waals surface area contributed by atoms with Gasteiger partial charge >= 0.3 is 0 Å². The van der Waals surface area contributed by atoms with Crippen LogP contribution in [0.5, 0.6) is 5.88 Å². The van der Waals surface area contributed by atoms with Crippen LogP contribution in [-0.2, 0) is 22.1 Å². The van der Waals surface area contributed by atoms with Gasteiger partial charge in [-0.15, -0.1) is 0 Å². The van der Waals surface area contributed by atoms with E-state index in [0.29, 0.717) is 25.7 Å². The van der Waals surface area contributed by atoms with Crippen molar-refractivity contribution < 1.29 is 13.8 Å². The summed E-state index contributed by atoms with van der Waals surface area (Å²) in [7, 11) is -0.742. The van der Waals surface area contributed by atoms with Crippen molar-refractivity contribution in [1.29, 1.82) is 0 Å². The second-order valence-electron chi connectivity index (χ2n) is 6.74. The van der Waals surface area contributed by atoms with Gasteiger partial charge in [0.1, 0.15) is 18.5 Å². The summed E-state index contributed by atoms with van der Waals surface area (Å²) in [5, 5.41) is 3.50. The van der Waals surface area contributed by atoms with Crippen molar-refractivity contribution in [1.82, 2.24) is 20.3 Å². The first-order valence-corrected chi connectivity index (χ1v) is 11.9. The Labute approximate surface area is 179 Å². The van der Waals surface area contributed by atoms with E-state index in [-0.39, 0.29) is 0 Å². The Morgan fingerprint density at radius 2 is 1.83 bits per heavy atom. The fraction of sp³-hybridized carbons (Fsp3) is 0.455. The molecule has 2 aromatic heterocycles. The third-order valence-corrected chi connectivity index (χ3v) is 6.31. The van der Waals surface area contributed by atoms with E-state index in [2.05, 4.69) is 20.3 Å². The summed E-state index contributed by atoms with van der Waals surface area (Å²) < 4.78 is 17.2. The summed E-state index contributed by atoms with van der Waals surface area (Å²) >= 11 is 0. The van der Waals surface area contributed by atoms with Gasteiger partial charge in [0.25, 0.3) is 0 Å². The quantitative estimate of drug-likeness (QED) is 0.291. The van der Waals surface area contributed by atoms with E-state index in [1.54, 1.807) is 6.33 Å². The van der Waals surface area contributed by atoms with E-state index >= 15 is 0 Å². The van der Waals surface area contributed by atoms with Gasteiger partial charge in [0, 0.05) is 12.4 Å². The predicted molar refractivity (Wildman–Crippen MR) is 121 cm³/mol. The molecule has 7 nitrogen and oxygen atoms in total. The van der Waals surface area contributed by atoms with Crippen LogP contribution in [0.2, 0.25) is 0 Å². The molecule has 2 heterocycles. The number of H-pyrrole nitrogens is 1. The molecule has 0 amide bonds. The first kappa shape index (κ1) is 22.6. The summed E-state index contributed by atoms with van der Waals surface area (Å²) in [5.74, 6) is 0.586. The summed E-state index contributed by atoms with van der Waals surface area (Å²) in [4.78, 5) is 12.0. The Morgan fingerprint density at radius 1 is 1.03 bits per heavy atom. The minimum Gasteiger partial charge on any atom is -0.471 e. The molecule has 0 aliphatic carbocycles. The zero-order valence-corrected chi connectivity index (χ0v) is 18.7. The van der Waals surface area contributed by atoms with Gasteiger partial charge in [-0.2, -0.15) is 4.98 Å². The lowest BCUT2D eigenvalue weighted by Crippen LogP contribution is -2.19. The minimum atomic E-state index is -0.742. The monoisotopic (exact) mass is 430 g/mol. The van der Waals surface area contributed by atoms with Gasteiger partial charge in [-0.3, -0.25) is 0 Å². The molecule has 3 aromatic rings. The molecular weight excluding hydrogens is 399 g/mol. The number of fused-ring (bicyclic) bond motifs is 1. The Hall–Kier alpha value is -2.05. The maximum absolute atomic E-state index is 5.92. The molecule has 0 unspecified atom stereocenters. The molecule has 0 bridgehead atoms. The fourth-order valence-electron chi connectivity index (χ4n) is 3.13. The van der Waals surface area contributed by atoms with Crippen LogP contribution in [-0.4, -0.2) is 47.4 Å². The van der Waals surface area contributed by atoms with Crippen molar-refractivity contribution in [3.05, 3.63) is 54.0 Å². The summed E-state index contributed by atoms with van der Waals surface area (Å²) in [5.41, 5.74) is 4.04. The standard InChI is InChI=1S/C22H31N4O3P/c1-3-28-30(29-4-2)14-8-12-23-13-11-19-15-24-21-20(19)25-17-26-22(21)27-16-18-9-6-5-7-10-18/h5-7,9-10,15,17,23-24H,3-4,8,11-14,16H2,1-2H3. The first-order chi connectivity index (χ1) is 14.8. The van der Waals surface area contributed by atoms with Gasteiger partial charge in [0.2, 0.25) is 5.88 Å². The van der Waals surface area contributed by atoms with E-state index in [1.165, 1.54) is 0 Å². The van der Waals surface area contributed by atoms with Crippen LogP contribution in [0.25, 0.3) is 11.0 Å². The fourth-order valence-corrected chi connectivity index (χ4v) is 4.46. The smallest absolute Gasteiger partial charge is 0.241 e. The predicted octanol–water partition coefficient (Wildman–Crippen LogP) is 4.44. The molecule has 0 saturated carbocycles. The van der Waals surface area contributed by atoms with Crippen molar-refractivity contribution in [2.24, 2.45) is 0 Å². The Bertz CT molecular complexity index is 869. The van der Waals surface area contributed by atoms with Crippen LogP contribution < -0.4 is 10.1 Å². The van der Waals surface area contributed by atoms with Crippen LogP contribution in [0, 0.1) is 0 Å². The van der Waals surface area contributed by atoms with Crippen LogP contribution in [0.15, 0.2) is 42.9 Å². The summed E-state index contributed by atoms with van der Waals surface area (Å²) in [6, 6.07) is 10.1. The number of hydrogen-bond acceptors (Lipinski definition) is 6. The maximum atomic E-state index is 5.92. The van der Waals surface area contributed by atoms with Gasteiger partial charge in [-0.05, 0) is 50.9 Å². The molecule has 0 fully saturated rings. The lowest BCUT2D eigenvalue weighted by Gasteiger charge is -2.15. The normalized spacial score (nSPS) is 11.4. The van der Waals surface area contributed by atoms with E-state index in [4.69, 9.17) is 13.8 Å². The highest BCUT2D eigenvalue weighted by Gasteiger charge is 2.12. The van der Waals surface area contributed by atoms with Crippen LogP contribution >= 0.6 is 8.38 Å². The van der Waals surface area contributed by atoms with Crippen molar-refractivity contribution in [2.45, 2.75) is 33.3 Å². The highest BCUT2D eigenvalue weighted by molar-refractivity contribution is 7.47. The molecule has 2 N–H and O–H groups in total. The second kappa shape index (κ2) is 12.6. The minimum absolute atomic E-state index is 0.481. The van der Waals surface area contributed by atoms with E-state index in [1.807, 2.05) is 50.4 Å². The Morgan fingerprint density at radius 3 is 2.60 bits per heavy atom. The van der Waals surface area contributed by atoms with Crippen molar-refractivity contribution in [3.8, 4) is 5.88 Å². The third kappa shape index (κ3) is 6.74. The van der Waals surface area contributed by atoms with Crippen LogP contribution in [0.3, 0.4) is 0 Å². The van der Waals surface area contributed by atoms with E-state index in [9.17, 15) is 0 Å². The zero-order valence-electron chi connectivity index (χ0n) is 17.8. The van der Waals surface area contributed by atoms with Gasteiger partial charge in [-0.25, -0.2) is 4.98 Å². The molecule has 0 aliphatic heterocycles. The molecular formula is C22H31N4O3P. The number of aromatic amines is 1. The average Bonchev–Trinajstić information content (AvgIpc) is 3.19. The third-order valence-electron chi connectivity index (χ3n) is 4.54. The maximum Gasteiger partial charge on any atom is 0.241 e. The molecule has 0 atom stereocenters. The number of benzene rings is 1. The molecule has 3 rings (SSSR count). The zero-order chi connectivity index (χ0) is 21.0. The van der Waals surface area contributed by atoms with Gasteiger partial charge in [0.15, 0.2) is 8.38 Å². The van der Waals surface area contributed by atoms with Gasteiger partial charge in [-0.1, -0.05) is 30.3 Å². The Kier molecular flexibility index (Phi) is 9.51. The molecule has 8 heteroatoms. The lowest BCUT2D eigenvalue weighted by atomic mass is 10.2. The molecule has 0 spiro atoms. The van der Waals surface area contributed by atoms with Crippen molar-refractivity contribution in [2.75, 3.05) is 32.5 Å². The van der Waals surface area contributed by atoms with Crippen LogP contribution in [0.1, 0.15) is 31.4 Å².